The van der Waals surface area contributed by atoms with E-state index in [4.69, 9.17) is 28.1 Å². The van der Waals surface area contributed by atoms with E-state index in [1.165, 1.54) is 13.4 Å². The van der Waals surface area contributed by atoms with Crippen molar-refractivity contribution in [3.8, 4) is 28.7 Å². The van der Waals surface area contributed by atoms with Crippen LogP contribution in [0.1, 0.15) is 15.9 Å². The second kappa shape index (κ2) is 5.11. The fourth-order valence-corrected chi connectivity index (χ4v) is 4.07. The molecule has 0 radical (unpaired) electrons. The second-order valence-corrected chi connectivity index (χ2v) is 6.84. The van der Waals surface area contributed by atoms with Crippen molar-refractivity contribution in [1.82, 2.24) is 0 Å². The third kappa shape index (κ3) is 1.75. The summed E-state index contributed by atoms with van der Waals surface area (Å²) < 4.78 is 33.5. The molecule has 0 aliphatic carbocycles. The van der Waals surface area contributed by atoms with Crippen LogP contribution in [-0.4, -0.2) is 37.5 Å². The molecule has 4 heterocycles. The molecule has 3 aliphatic heterocycles. The third-order valence-electron chi connectivity index (χ3n) is 5.45. The minimum Gasteiger partial charge on any atom is -0.490 e. The maximum atomic E-state index is 13.5. The molecule has 3 aliphatic rings. The zero-order valence-corrected chi connectivity index (χ0v) is 14.7. The molecule has 28 heavy (non-hydrogen) atoms. The van der Waals surface area contributed by atoms with Crippen LogP contribution in [0.3, 0.4) is 0 Å². The smallest absolute Gasteiger partial charge is 0.231 e. The number of ether oxygens (including phenoxy) is 5. The van der Waals surface area contributed by atoms with Crippen molar-refractivity contribution < 1.29 is 38.0 Å². The number of fused-ring (bicyclic) bond motifs is 6. The number of furan rings is 1. The summed E-state index contributed by atoms with van der Waals surface area (Å²) in [7, 11) is 1.47. The van der Waals surface area contributed by atoms with E-state index in [-0.39, 0.29) is 30.3 Å². The first-order valence-corrected chi connectivity index (χ1v) is 8.70. The maximum Gasteiger partial charge on any atom is 0.231 e. The predicted octanol–water partition coefficient (Wildman–Crippen LogP) is 2.39. The molecule has 0 unspecified atom stereocenters. The summed E-state index contributed by atoms with van der Waals surface area (Å²) in [6, 6.07) is 6.55. The Morgan fingerprint density at radius 2 is 1.96 bits per heavy atom. The van der Waals surface area contributed by atoms with Gasteiger partial charge >= 0.3 is 0 Å². The van der Waals surface area contributed by atoms with E-state index in [0.29, 0.717) is 34.0 Å². The minimum atomic E-state index is -1.93. The van der Waals surface area contributed by atoms with Gasteiger partial charge in [0, 0.05) is 17.0 Å². The molecule has 2 aromatic carbocycles. The number of rotatable bonds is 1. The van der Waals surface area contributed by atoms with E-state index in [1.807, 2.05) is 0 Å². The second-order valence-electron chi connectivity index (χ2n) is 6.84. The number of benzene rings is 2. The number of carbonyl (C=O) groups is 1. The van der Waals surface area contributed by atoms with Crippen molar-refractivity contribution in [2.24, 2.45) is 0 Å². The highest BCUT2D eigenvalue weighted by atomic mass is 16.7. The van der Waals surface area contributed by atoms with Crippen LogP contribution in [0.25, 0.3) is 11.0 Å². The van der Waals surface area contributed by atoms with Crippen LogP contribution in [0.15, 0.2) is 34.9 Å². The summed E-state index contributed by atoms with van der Waals surface area (Å²) in [6.07, 6.45) is 0.547. The van der Waals surface area contributed by atoms with Gasteiger partial charge in [0.25, 0.3) is 0 Å². The van der Waals surface area contributed by atoms with Gasteiger partial charge in [-0.15, -0.1) is 0 Å². The summed E-state index contributed by atoms with van der Waals surface area (Å²) in [5.74, 6) is 1.36. The molecule has 2 atom stereocenters. The highest BCUT2D eigenvalue weighted by Gasteiger charge is 2.57. The van der Waals surface area contributed by atoms with Gasteiger partial charge in [-0.1, -0.05) is 0 Å². The lowest BCUT2D eigenvalue weighted by Crippen LogP contribution is -2.57. The molecule has 8 heteroatoms. The van der Waals surface area contributed by atoms with Gasteiger partial charge in [0.1, 0.15) is 12.4 Å². The number of Topliss-reactive ketones (excluding diaryl/α,β-unsaturated/α-hetero) is 1. The van der Waals surface area contributed by atoms with Gasteiger partial charge in [-0.25, -0.2) is 0 Å². The van der Waals surface area contributed by atoms with Gasteiger partial charge in [0.05, 0.1) is 18.9 Å². The van der Waals surface area contributed by atoms with E-state index in [0.717, 1.165) is 0 Å². The molecule has 0 bridgehead atoms. The van der Waals surface area contributed by atoms with Crippen molar-refractivity contribution >= 4 is 16.8 Å². The Morgan fingerprint density at radius 3 is 2.79 bits per heavy atom. The minimum absolute atomic E-state index is 0.0202. The zero-order chi connectivity index (χ0) is 19.0. The van der Waals surface area contributed by atoms with Crippen LogP contribution in [0.5, 0.6) is 28.7 Å². The number of aliphatic hydroxyl groups is 1. The van der Waals surface area contributed by atoms with E-state index >= 15 is 0 Å². The van der Waals surface area contributed by atoms with Crippen LogP contribution in [0, 0.1) is 0 Å². The SMILES string of the molecule is COc1c2c(cc3ccoc13)C(=O)[C@]1(O)c3cc4c(cc3OC[C@@H]1O2)OCO4. The molecule has 0 saturated carbocycles. The van der Waals surface area contributed by atoms with Crippen molar-refractivity contribution in [2.45, 2.75) is 11.7 Å². The van der Waals surface area contributed by atoms with Crippen LogP contribution in [0.4, 0.5) is 0 Å². The first-order chi connectivity index (χ1) is 13.6. The summed E-state index contributed by atoms with van der Waals surface area (Å²) in [5, 5.41) is 12.2. The molecular weight excluding hydrogens is 368 g/mol. The van der Waals surface area contributed by atoms with Crippen molar-refractivity contribution in [1.29, 1.82) is 0 Å². The Hall–Kier alpha value is -3.39. The van der Waals surface area contributed by atoms with Gasteiger partial charge < -0.3 is 33.2 Å². The highest BCUT2D eigenvalue weighted by molar-refractivity contribution is 6.10. The molecule has 0 amide bonds. The number of hydrogen-bond donors (Lipinski definition) is 1. The number of methoxy groups -OCH3 is 1. The van der Waals surface area contributed by atoms with Crippen molar-refractivity contribution in [2.75, 3.05) is 20.5 Å². The summed E-state index contributed by atoms with van der Waals surface area (Å²) in [6.45, 7) is 0.0523. The van der Waals surface area contributed by atoms with E-state index in [9.17, 15) is 9.90 Å². The molecule has 142 valence electrons. The van der Waals surface area contributed by atoms with E-state index < -0.39 is 17.5 Å². The molecule has 0 fully saturated rings. The lowest BCUT2D eigenvalue weighted by atomic mass is 9.77. The predicted molar refractivity (Wildman–Crippen MR) is 93.5 cm³/mol. The van der Waals surface area contributed by atoms with E-state index in [1.54, 1.807) is 24.3 Å². The van der Waals surface area contributed by atoms with E-state index in [2.05, 4.69) is 0 Å². The first kappa shape index (κ1) is 15.6. The normalized spacial score (nSPS) is 24.1. The van der Waals surface area contributed by atoms with Crippen LogP contribution >= 0.6 is 0 Å². The quantitative estimate of drug-likeness (QED) is 0.685. The topological polar surface area (TPSA) is 96.6 Å². The molecule has 0 saturated heterocycles. The van der Waals surface area contributed by atoms with Gasteiger partial charge in [-0.2, -0.15) is 0 Å². The summed E-state index contributed by atoms with van der Waals surface area (Å²) in [4.78, 5) is 13.5. The average Bonchev–Trinajstić information content (AvgIpc) is 3.35. The summed E-state index contributed by atoms with van der Waals surface area (Å²) in [5.41, 5.74) is -0.950. The van der Waals surface area contributed by atoms with Gasteiger partial charge in [-0.05, 0) is 18.2 Å². The summed E-state index contributed by atoms with van der Waals surface area (Å²) >= 11 is 0. The molecule has 1 N–H and O–H groups in total. The Labute approximate surface area is 158 Å². The first-order valence-electron chi connectivity index (χ1n) is 8.70. The van der Waals surface area contributed by atoms with Crippen molar-refractivity contribution in [3.05, 3.63) is 41.7 Å². The standard InChI is InChI=1S/C20H14O8/c1-23-18-16-9(2-3-24-16)4-10-17(18)28-15-7-25-12-6-14-13(26-8-27-14)5-11(12)20(15,22)19(10)21/h2-6,15,22H,7-8H2,1H3/t15-,20-/m0/s1. The van der Waals surface area contributed by atoms with Crippen LogP contribution in [0.2, 0.25) is 0 Å². The molecule has 0 spiro atoms. The lowest BCUT2D eigenvalue weighted by molar-refractivity contribution is -0.0805. The lowest BCUT2D eigenvalue weighted by Gasteiger charge is -2.43. The number of hydrogen-bond acceptors (Lipinski definition) is 8. The monoisotopic (exact) mass is 382 g/mol. The fraction of sp³-hybridized carbons (Fsp3) is 0.250. The maximum absolute atomic E-state index is 13.5. The Bertz CT molecular complexity index is 1160. The number of carbonyl (C=O) groups excluding carboxylic acids is 1. The van der Waals surface area contributed by atoms with Gasteiger partial charge in [0.15, 0.2) is 34.5 Å². The van der Waals surface area contributed by atoms with Crippen molar-refractivity contribution in [3.63, 3.8) is 0 Å². The Morgan fingerprint density at radius 1 is 1.14 bits per heavy atom. The van der Waals surface area contributed by atoms with Gasteiger partial charge in [0.2, 0.25) is 18.3 Å². The Kier molecular flexibility index (Phi) is 2.85. The highest BCUT2D eigenvalue weighted by Crippen LogP contribution is 2.52. The van der Waals surface area contributed by atoms with Crippen LogP contribution < -0.4 is 23.7 Å². The molecule has 1 aromatic heterocycles. The molecule has 8 nitrogen and oxygen atoms in total. The van der Waals surface area contributed by atoms with Crippen LogP contribution in [-0.2, 0) is 5.60 Å². The largest absolute Gasteiger partial charge is 0.490 e. The number of ketones is 1. The third-order valence-corrected chi connectivity index (χ3v) is 5.45. The van der Waals surface area contributed by atoms with Gasteiger partial charge in [-0.3, -0.25) is 4.79 Å². The molecule has 3 aromatic rings. The zero-order valence-electron chi connectivity index (χ0n) is 14.7. The molecule has 6 rings (SSSR count). The fourth-order valence-electron chi connectivity index (χ4n) is 4.07. The average molecular weight is 382 g/mol. The Balaban J connectivity index is 1.59. The molecular formula is C20H14O8.